The molecule has 2 aliphatic rings. The van der Waals surface area contributed by atoms with Crippen molar-refractivity contribution in [2.24, 2.45) is 0 Å². The van der Waals surface area contributed by atoms with Gasteiger partial charge in [-0.25, -0.2) is 9.78 Å². The second kappa shape index (κ2) is 9.06. The fourth-order valence-corrected chi connectivity index (χ4v) is 3.71. The third-order valence-corrected chi connectivity index (χ3v) is 5.29. The van der Waals surface area contributed by atoms with Crippen molar-refractivity contribution in [3.05, 3.63) is 30.5 Å². The van der Waals surface area contributed by atoms with Gasteiger partial charge in [0.2, 0.25) is 5.95 Å². The first kappa shape index (κ1) is 20.1. The maximum atomic E-state index is 12.4. The fourth-order valence-electron chi connectivity index (χ4n) is 3.71. The lowest BCUT2D eigenvalue weighted by molar-refractivity contribution is 0.171. The van der Waals surface area contributed by atoms with Gasteiger partial charge in [-0.3, -0.25) is 0 Å². The van der Waals surface area contributed by atoms with Crippen LogP contribution in [0, 0.1) is 0 Å². The maximum Gasteiger partial charge on any atom is 0.319 e. The van der Waals surface area contributed by atoms with Gasteiger partial charge in [0, 0.05) is 44.1 Å². The highest BCUT2D eigenvalue weighted by Gasteiger charge is 2.23. The Morgan fingerprint density at radius 1 is 1.03 bits per heavy atom. The molecule has 3 N–H and O–H groups in total. The van der Waals surface area contributed by atoms with E-state index in [1.165, 1.54) is 0 Å². The number of benzene rings is 1. The van der Waals surface area contributed by atoms with Crippen LogP contribution in [0.15, 0.2) is 30.5 Å². The largest absolute Gasteiger partial charge is 0.486 e. The second-order valence-electron chi connectivity index (χ2n) is 7.78. The van der Waals surface area contributed by atoms with Gasteiger partial charge in [0.25, 0.3) is 0 Å². The van der Waals surface area contributed by atoms with E-state index in [1.807, 2.05) is 37.2 Å². The van der Waals surface area contributed by atoms with Crippen LogP contribution in [0.25, 0.3) is 0 Å². The summed E-state index contributed by atoms with van der Waals surface area (Å²) in [6, 6.07) is 7.55. The maximum absolute atomic E-state index is 12.4. The van der Waals surface area contributed by atoms with Crippen LogP contribution in [0.4, 0.5) is 22.2 Å². The Bertz CT molecular complexity index is 883. The number of aromatic nitrogens is 2. The monoisotopic (exact) mass is 412 g/mol. The summed E-state index contributed by atoms with van der Waals surface area (Å²) in [5.74, 6) is 2.89. The highest BCUT2D eigenvalue weighted by atomic mass is 16.6. The minimum Gasteiger partial charge on any atom is -0.486 e. The number of nitrogens with one attached hydrogen (secondary N) is 3. The number of amides is 2. The molecule has 1 aromatic carbocycles. The highest BCUT2D eigenvalue weighted by Crippen LogP contribution is 2.32. The lowest BCUT2D eigenvalue weighted by Gasteiger charge is -2.29. The van der Waals surface area contributed by atoms with E-state index >= 15 is 0 Å². The van der Waals surface area contributed by atoms with Gasteiger partial charge in [0.15, 0.2) is 11.5 Å². The third kappa shape index (κ3) is 5.03. The van der Waals surface area contributed by atoms with Gasteiger partial charge in [0.05, 0.1) is 0 Å². The Balaban J connectivity index is 1.23. The predicted octanol–water partition coefficient (Wildman–Crippen LogP) is 2.86. The van der Waals surface area contributed by atoms with Crippen molar-refractivity contribution >= 4 is 23.5 Å². The van der Waals surface area contributed by atoms with Gasteiger partial charge < -0.3 is 30.3 Å². The number of anilines is 3. The van der Waals surface area contributed by atoms with Crippen LogP contribution >= 0.6 is 0 Å². The van der Waals surface area contributed by atoms with E-state index < -0.39 is 0 Å². The molecular weight excluding hydrogens is 384 g/mol. The molecule has 0 radical (unpaired) electrons. The minimum absolute atomic E-state index is 0.147. The van der Waals surface area contributed by atoms with E-state index in [2.05, 4.69) is 25.9 Å². The first-order valence-electron chi connectivity index (χ1n) is 10.3. The molecular formula is C21H28N6O3. The Hall–Kier alpha value is -3.23. The van der Waals surface area contributed by atoms with Crippen LogP contribution in [-0.4, -0.2) is 55.4 Å². The molecule has 1 aliphatic carbocycles. The molecule has 2 amide bonds. The van der Waals surface area contributed by atoms with Crippen molar-refractivity contribution in [1.29, 1.82) is 0 Å². The zero-order valence-electron chi connectivity index (χ0n) is 17.4. The topological polar surface area (TPSA) is 101 Å². The lowest BCUT2D eigenvalue weighted by atomic mass is 9.91. The Morgan fingerprint density at radius 3 is 2.53 bits per heavy atom. The van der Waals surface area contributed by atoms with Crippen molar-refractivity contribution in [1.82, 2.24) is 15.3 Å². The van der Waals surface area contributed by atoms with Crippen molar-refractivity contribution in [2.75, 3.05) is 42.8 Å². The summed E-state index contributed by atoms with van der Waals surface area (Å²) in [6.45, 7) is 1.06. The number of ether oxygens (including phenoxy) is 2. The second-order valence-corrected chi connectivity index (χ2v) is 7.78. The summed E-state index contributed by atoms with van der Waals surface area (Å²) in [5, 5.41) is 9.37. The van der Waals surface area contributed by atoms with E-state index in [1.54, 1.807) is 12.3 Å². The minimum atomic E-state index is -0.204. The molecule has 2 aromatic rings. The molecule has 2 heterocycles. The van der Waals surface area contributed by atoms with Gasteiger partial charge in [-0.15, -0.1) is 0 Å². The molecule has 0 bridgehead atoms. The van der Waals surface area contributed by atoms with E-state index in [4.69, 9.17) is 9.47 Å². The molecule has 0 atom stereocenters. The molecule has 1 aromatic heterocycles. The molecule has 0 saturated heterocycles. The van der Waals surface area contributed by atoms with Crippen LogP contribution in [-0.2, 0) is 0 Å². The number of rotatable bonds is 5. The molecule has 1 aliphatic heterocycles. The summed E-state index contributed by atoms with van der Waals surface area (Å²) < 4.78 is 11.1. The van der Waals surface area contributed by atoms with Crippen LogP contribution in [0.5, 0.6) is 11.5 Å². The first-order chi connectivity index (χ1) is 14.6. The molecule has 30 heavy (non-hydrogen) atoms. The summed E-state index contributed by atoms with van der Waals surface area (Å²) in [7, 11) is 3.91. The van der Waals surface area contributed by atoms with Crippen molar-refractivity contribution in [2.45, 2.75) is 37.8 Å². The van der Waals surface area contributed by atoms with Crippen molar-refractivity contribution < 1.29 is 14.3 Å². The number of fused-ring (bicyclic) bond motifs is 1. The van der Waals surface area contributed by atoms with Gasteiger partial charge >= 0.3 is 6.03 Å². The van der Waals surface area contributed by atoms with Crippen LogP contribution in [0.3, 0.4) is 0 Å². The Kier molecular flexibility index (Phi) is 6.06. The van der Waals surface area contributed by atoms with Crippen LogP contribution < -0.4 is 30.3 Å². The molecule has 4 rings (SSSR count). The van der Waals surface area contributed by atoms with Gasteiger partial charge in [-0.2, -0.15) is 4.98 Å². The molecule has 160 valence electrons. The van der Waals surface area contributed by atoms with E-state index in [9.17, 15) is 4.79 Å². The van der Waals surface area contributed by atoms with Crippen molar-refractivity contribution in [3.8, 4) is 11.5 Å². The zero-order chi connectivity index (χ0) is 20.9. The summed E-state index contributed by atoms with van der Waals surface area (Å²) in [4.78, 5) is 23.2. The van der Waals surface area contributed by atoms with Crippen LogP contribution in [0.1, 0.15) is 25.7 Å². The first-order valence-corrected chi connectivity index (χ1v) is 10.3. The zero-order valence-corrected chi connectivity index (χ0v) is 17.4. The van der Waals surface area contributed by atoms with Gasteiger partial charge in [-0.1, -0.05) is 0 Å². The summed E-state index contributed by atoms with van der Waals surface area (Å²) >= 11 is 0. The number of carbonyl (C=O) groups is 1. The fraction of sp³-hybridized carbons (Fsp3) is 0.476. The Morgan fingerprint density at radius 2 is 1.77 bits per heavy atom. The molecule has 9 heteroatoms. The molecule has 9 nitrogen and oxygen atoms in total. The SMILES string of the molecule is CN(C)c1ccnc(NC2CCC(NC(=O)Nc3ccc4c(c3)OCCO4)CC2)n1. The molecule has 1 fully saturated rings. The average Bonchev–Trinajstić information content (AvgIpc) is 2.75. The van der Waals surface area contributed by atoms with E-state index in [-0.39, 0.29) is 12.1 Å². The lowest BCUT2D eigenvalue weighted by Crippen LogP contribution is -2.42. The van der Waals surface area contributed by atoms with E-state index in [0.717, 1.165) is 31.5 Å². The molecule has 0 unspecified atom stereocenters. The van der Waals surface area contributed by atoms with E-state index in [0.29, 0.717) is 42.4 Å². The number of urea groups is 1. The number of carbonyl (C=O) groups excluding carboxylic acids is 1. The van der Waals surface area contributed by atoms with Gasteiger partial charge in [-0.05, 0) is 43.9 Å². The smallest absolute Gasteiger partial charge is 0.319 e. The normalized spacial score (nSPS) is 20.2. The van der Waals surface area contributed by atoms with Crippen LogP contribution in [0.2, 0.25) is 0 Å². The molecule has 0 spiro atoms. The quantitative estimate of drug-likeness (QED) is 0.694. The number of hydrogen-bond acceptors (Lipinski definition) is 7. The van der Waals surface area contributed by atoms with Gasteiger partial charge in [0.1, 0.15) is 19.0 Å². The number of nitrogens with zero attached hydrogens (tertiary/aromatic N) is 3. The summed E-state index contributed by atoms with van der Waals surface area (Å²) in [5.41, 5.74) is 0.685. The third-order valence-electron chi connectivity index (χ3n) is 5.29. The molecule has 1 saturated carbocycles. The standard InChI is InChI=1S/C21H28N6O3/c1-27(2)19-9-10-22-20(26-19)23-14-3-5-15(6-4-14)24-21(28)25-16-7-8-17-18(13-16)30-12-11-29-17/h7-10,13-15H,3-6,11-12H2,1-2H3,(H,22,23,26)(H2,24,25,28). The van der Waals surface area contributed by atoms with Crippen molar-refractivity contribution in [3.63, 3.8) is 0 Å². The summed E-state index contributed by atoms with van der Waals surface area (Å²) in [6.07, 6.45) is 5.47. The Labute approximate surface area is 176 Å². The number of hydrogen-bond donors (Lipinski definition) is 3. The average molecular weight is 412 g/mol. The predicted molar refractivity (Wildman–Crippen MR) is 116 cm³/mol. The highest BCUT2D eigenvalue weighted by molar-refractivity contribution is 5.89.